The molecule has 1 aliphatic heterocycles. The number of ketones is 1. The van der Waals surface area contributed by atoms with E-state index in [0.717, 1.165) is 23.7 Å². The normalized spacial score (nSPS) is 19.2. The minimum Gasteiger partial charge on any atom is -0.497 e. The molecule has 1 fully saturated rings. The fourth-order valence-corrected chi connectivity index (χ4v) is 2.61. The van der Waals surface area contributed by atoms with Gasteiger partial charge < -0.3 is 9.47 Å². The van der Waals surface area contributed by atoms with Gasteiger partial charge in [0.1, 0.15) is 11.5 Å². The molecule has 1 atom stereocenters. The van der Waals surface area contributed by atoms with Gasteiger partial charge in [0, 0.05) is 17.4 Å². The largest absolute Gasteiger partial charge is 0.497 e. The third-order valence-corrected chi connectivity index (χ3v) is 3.86. The summed E-state index contributed by atoms with van der Waals surface area (Å²) in [5.74, 6) is 1.77. The second-order valence-corrected chi connectivity index (χ2v) is 5.04. The third kappa shape index (κ3) is 3.48. The Hall–Kier alpha value is -1.00. The predicted molar refractivity (Wildman–Crippen MR) is 67.7 cm³/mol. The summed E-state index contributed by atoms with van der Waals surface area (Å²) in [5, 5.41) is 0. The molecule has 0 saturated carbocycles. The van der Waals surface area contributed by atoms with E-state index in [0.29, 0.717) is 18.1 Å². The molecule has 0 aliphatic carbocycles. The maximum Gasteiger partial charge on any atom is 0.148 e. The molecular formula is C13H16O3S. The van der Waals surface area contributed by atoms with Crippen LogP contribution in [0, 0.1) is 5.92 Å². The van der Waals surface area contributed by atoms with Gasteiger partial charge in [-0.3, -0.25) is 4.79 Å². The lowest BCUT2D eigenvalue weighted by atomic mass is 10.1. The molecule has 0 radical (unpaired) electrons. The number of carbonyl (C=O) groups is 1. The van der Waals surface area contributed by atoms with Crippen molar-refractivity contribution in [2.45, 2.75) is 11.3 Å². The lowest BCUT2D eigenvalue weighted by Crippen LogP contribution is -2.16. The molecule has 17 heavy (non-hydrogen) atoms. The van der Waals surface area contributed by atoms with E-state index < -0.39 is 0 Å². The van der Waals surface area contributed by atoms with E-state index in [1.54, 1.807) is 18.9 Å². The molecule has 0 amide bonds. The molecule has 1 aromatic rings. The molecule has 4 heteroatoms. The molecule has 2 rings (SSSR count). The van der Waals surface area contributed by atoms with E-state index >= 15 is 0 Å². The van der Waals surface area contributed by atoms with E-state index in [2.05, 4.69) is 0 Å². The van der Waals surface area contributed by atoms with E-state index in [1.165, 1.54) is 0 Å². The Balaban J connectivity index is 1.82. The summed E-state index contributed by atoms with van der Waals surface area (Å²) in [7, 11) is 1.64. The first-order chi connectivity index (χ1) is 8.29. The van der Waals surface area contributed by atoms with Crippen molar-refractivity contribution in [2.75, 3.05) is 26.1 Å². The van der Waals surface area contributed by atoms with Gasteiger partial charge >= 0.3 is 0 Å². The van der Waals surface area contributed by atoms with Crippen molar-refractivity contribution < 1.29 is 14.3 Å². The van der Waals surface area contributed by atoms with Crippen LogP contribution in [0.2, 0.25) is 0 Å². The summed E-state index contributed by atoms with van der Waals surface area (Å²) in [4.78, 5) is 12.9. The minimum atomic E-state index is 0.112. The summed E-state index contributed by atoms with van der Waals surface area (Å²) >= 11 is 1.57. The Morgan fingerprint density at radius 2 is 2.24 bits per heavy atom. The van der Waals surface area contributed by atoms with Gasteiger partial charge in [-0.05, 0) is 30.7 Å². The first kappa shape index (κ1) is 12.5. The number of Topliss-reactive ketones (excluding diaryl/α,β-unsaturated/α-hetero) is 1. The highest BCUT2D eigenvalue weighted by molar-refractivity contribution is 8.00. The summed E-state index contributed by atoms with van der Waals surface area (Å²) < 4.78 is 10.3. The maximum absolute atomic E-state index is 11.8. The van der Waals surface area contributed by atoms with E-state index in [-0.39, 0.29) is 5.92 Å². The predicted octanol–water partition coefficient (Wildman–Crippen LogP) is 2.39. The Kier molecular flexibility index (Phi) is 4.45. The molecule has 1 heterocycles. The number of thioether (sulfide) groups is 1. The Bertz CT molecular complexity index is 369. The summed E-state index contributed by atoms with van der Waals surface area (Å²) in [6.45, 7) is 1.33. The number of carbonyl (C=O) groups excluding carboxylic acids is 1. The average molecular weight is 252 g/mol. The summed E-state index contributed by atoms with van der Waals surface area (Å²) in [6.07, 6.45) is 0.877. The van der Waals surface area contributed by atoms with E-state index in [4.69, 9.17) is 9.47 Å². The standard InChI is InChI=1S/C13H16O3S/c1-15-11-2-4-12(5-3-11)17-9-13(14)10-6-7-16-8-10/h2-5,10H,6-9H2,1H3. The van der Waals surface area contributed by atoms with Crippen molar-refractivity contribution in [3.63, 3.8) is 0 Å². The first-order valence-electron chi connectivity index (χ1n) is 5.67. The van der Waals surface area contributed by atoms with Crippen LogP contribution in [0.15, 0.2) is 29.2 Å². The second-order valence-electron chi connectivity index (χ2n) is 3.99. The number of hydrogen-bond donors (Lipinski definition) is 0. The number of rotatable bonds is 5. The van der Waals surface area contributed by atoms with Crippen molar-refractivity contribution >= 4 is 17.5 Å². The van der Waals surface area contributed by atoms with Crippen molar-refractivity contribution in [1.82, 2.24) is 0 Å². The van der Waals surface area contributed by atoms with Gasteiger partial charge in [0.05, 0.1) is 19.5 Å². The smallest absolute Gasteiger partial charge is 0.148 e. The van der Waals surface area contributed by atoms with Gasteiger partial charge in [-0.15, -0.1) is 11.8 Å². The summed E-state index contributed by atoms with van der Waals surface area (Å²) in [5.41, 5.74) is 0. The average Bonchev–Trinajstić information content (AvgIpc) is 2.90. The van der Waals surface area contributed by atoms with E-state index in [9.17, 15) is 4.79 Å². The van der Waals surface area contributed by atoms with Crippen LogP contribution in [0.5, 0.6) is 5.75 Å². The van der Waals surface area contributed by atoms with Crippen LogP contribution >= 0.6 is 11.8 Å². The SMILES string of the molecule is COc1ccc(SCC(=O)C2CCOC2)cc1. The highest BCUT2D eigenvalue weighted by Crippen LogP contribution is 2.23. The molecule has 92 valence electrons. The number of benzene rings is 1. The zero-order valence-corrected chi connectivity index (χ0v) is 10.7. The Labute approximate surface area is 105 Å². The summed E-state index contributed by atoms with van der Waals surface area (Å²) in [6, 6.07) is 7.76. The highest BCUT2D eigenvalue weighted by atomic mass is 32.2. The van der Waals surface area contributed by atoms with Crippen molar-refractivity contribution in [1.29, 1.82) is 0 Å². The molecule has 3 nitrogen and oxygen atoms in total. The second kappa shape index (κ2) is 6.07. The van der Waals surface area contributed by atoms with Crippen LogP contribution in [-0.2, 0) is 9.53 Å². The molecule has 0 bridgehead atoms. The third-order valence-electron chi connectivity index (χ3n) is 2.83. The molecule has 0 N–H and O–H groups in total. The van der Waals surface area contributed by atoms with Gasteiger partial charge in [0.25, 0.3) is 0 Å². The van der Waals surface area contributed by atoms with Crippen molar-refractivity contribution in [3.05, 3.63) is 24.3 Å². The van der Waals surface area contributed by atoms with Crippen LogP contribution in [0.25, 0.3) is 0 Å². The molecule has 1 saturated heterocycles. The van der Waals surface area contributed by atoms with Crippen LogP contribution < -0.4 is 4.74 Å². The van der Waals surface area contributed by atoms with Gasteiger partial charge in [-0.2, -0.15) is 0 Å². The minimum absolute atomic E-state index is 0.112. The number of methoxy groups -OCH3 is 1. The molecule has 1 aromatic carbocycles. The maximum atomic E-state index is 11.8. The molecule has 0 aromatic heterocycles. The van der Waals surface area contributed by atoms with E-state index in [1.807, 2.05) is 24.3 Å². The first-order valence-corrected chi connectivity index (χ1v) is 6.65. The highest BCUT2D eigenvalue weighted by Gasteiger charge is 2.22. The quantitative estimate of drug-likeness (QED) is 0.754. The Morgan fingerprint density at radius 3 is 2.82 bits per heavy atom. The fraction of sp³-hybridized carbons (Fsp3) is 0.462. The van der Waals surface area contributed by atoms with Crippen LogP contribution in [0.3, 0.4) is 0 Å². The molecule has 1 aliphatic rings. The van der Waals surface area contributed by atoms with Gasteiger partial charge in [0.2, 0.25) is 0 Å². The van der Waals surface area contributed by atoms with Crippen LogP contribution in [0.1, 0.15) is 6.42 Å². The van der Waals surface area contributed by atoms with Gasteiger partial charge in [-0.25, -0.2) is 0 Å². The monoisotopic (exact) mass is 252 g/mol. The van der Waals surface area contributed by atoms with Crippen LogP contribution in [0.4, 0.5) is 0 Å². The molecule has 0 spiro atoms. The van der Waals surface area contributed by atoms with Crippen molar-refractivity contribution in [3.8, 4) is 5.75 Å². The topological polar surface area (TPSA) is 35.5 Å². The molecular weight excluding hydrogens is 236 g/mol. The van der Waals surface area contributed by atoms with Crippen molar-refractivity contribution in [2.24, 2.45) is 5.92 Å². The Morgan fingerprint density at radius 1 is 1.47 bits per heavy atom. The zero-order valence-electron chi connectivity index (χ0n) is 9.85. The molecule has 1 unspecified atom stereocenters. The zero-order chi connectivity index (χ0) is 12.1. The number of ether oxygens (including phenoxy) is 2. The van der Waals surface area contributed by atoms with Gasteiger partial charge in [-0.1, -0.05) is 0 Å². The number of hydrogen-bond acceptors (Lipinski definition) is 4. The van der Waals surface area contributed by atoms with Crippen LogP contribution in [-0.4, -0.2) is 31.9 Å². The lowest BCUT2D eigenvalue weighted by molar-refractivity contribution is -0.120. The van der Waals surface area contributed by atoms with Gasteiger partial charge in [0.15, 0.2) is 0 Å². The lowest BCUT2D eigenvalue weighted by Gasteiger charge is -2.06. The fourth-order valence-electron chi connectivity index (χ4n) is 1.73.